The first-order valence-electron chi connectivity index (χ1n) is 8.71. The van der Waals surface area contributed by atoms with Crippen molar-refractivity contribution in [2.45, 2.75) is 37.1 Å². The number of rotatable bonds is 3. The number of hydrogen-bond donors (Lipinski definition) is 2. The van der Waals surface area contributed by atoms with Gasteiger partial charge in [-0.3, -0.25) is 4.98 Å². The van der Waals surface area contributed by atoms with E-state index in [1.54, 1.807) is 30.5 Å². The smallest absolute Gasteiger partial charge is 0.241 e. The number of nitrogen functional groups attached to an aromatic ring is 1. The van der Waals surface area contributed by atoms with Gasteiger partial charge in [0.25, 0.3) is 0 Å². The summed E-state index contributed by atoms with van der Waals surface area (Å²) in [5.41, 5.74) is 10.4. The SMILES string of the molecule is Cc1ccc(S(=O)(=O)NC2CCCc3cc(N)ccc32)c2cccnc12. The maximum absolute atomic E-state index is 13.1. The lowest BCUT2D eigenvalue weighted by molar-refractivity contribution is 0.508. The minimum Gasteiger partial charge on any atom is -0.399 e. The van der Waals surface area contributed by atoms with Crippen LogP contribution in [0.1, 0.15) is 35.6 Å². The number of pyridine rings is 1. The number of sulfonamides is 1. The molecule has 0 radical (unpaired) electrons. The first-order valence-corrected chi connectivity index (χ1v) is 10.2. The van der Waals surface area contributed by atoms with Crippen LogP contribution in [-0.4, -0.2) is 13.4 Å². The van der Waals surface area contributed by atoms with Gasteiger partial charge >= 0.3 is 0 Å². The van der Waals surface area contributed by atoms with Crippen molar-refractivity contribution in [3.63, 3.8) is 0 Å². The number of hydrogen-bond acceptors (Lipinski definition) is 4. The molecule has 134 valence electrons. The molecule has 0 spiro atoms. The van der Waals surface area contributed by atoms with Gasteiger partial charge in [-0.05, 0) is 73.2 Å². The van der Waals surface area contributed by atoms with Gasteiger partial charge in [-0.1, -0.05) is 12.1 Å². The van der Waals surface area contributed by atoms with E-state index in [1.165, 1.54) is 0 Å². The summed E-state index contributed by atoms with van der Waals surface area (Å²) in [4.78, 5) is 4.61. The Morgan fingerprint density at radius 1 is 1.19 bits per heavy atom. The van der Waals surface area contributed by atoms with E-state index in [0.717, 1.165) is 36.0 Å². The molecular weight excluding hydrogens is 346 g/mol. The van der Waals surface area contributed by atoms with Crippen molar-refractivity contribution in [2.24, 2.45) is 0 Å². The molecule has 1 heterocycles. The Kier molecular flexibility index (Phi) is 4.17. The van der Waals surface area contributed by atoms with Gasteiger partial charge in [0.05, 0.1) is 10.4 Å². The molecule has 1 aliphatic rings. The number of aryl methyl sites for hydroxylation is 2. The first kappa shape index (κ1) is 17.0. The van der Waals surface area contributed by atoms with Crippen LogP contribution in [0, 0.1) is 6.92 Å². The number of nitrogens with one attached hydrogen (secondary N) is 1. The summed E-state index contributed by atoms with van der Waals surface area (Å²) in [7, 11) is -3.68. The molecular formula is C20H21N3O2S. The second kappa shape index (κ2) is 6.37. The number of nitrogens with two attached hydrogens (primary N) is 1. The molecule has 0 saturated carbocycles. The zero-order chi connectivity index (χ0) is 18.3. The molecule has 1 atom stereocenters. The fourth-order valence-corrected chi connectivity index (χ4v) is 5.18. The van der Waals surface area contributed by atoms with E-state index < -0.39 is 10.0 Å². The number of nitrogens with zero attached hydrogens (tertiary/aromatic N) is 1. The predicted octanol–water partition coefficient (Wildman–Crippen LogP) is 3.48. The van der Waals surface area contributed by atoms with Crippen LogP contribution in [0.25, 0.3) is 10.9 Å². The van der Waals surface area contributed by atoms with Gasteiger partial charge in [0.15, 0.2) is 0 Å². The molecule has 6 heteroatoms. The average Bonchev–Trinajstić information content (AvgIpc) is 2.61. The zero-order valence-electron chi connectivity index (χ0n) is 14.6. The van der Waals surface area contributed by atoms with Crippen molar-refractivity contribution in [3.8, 4) is 0 Å². The molecule has 1 unspecified atom stereocenters. The number of benzene rings is 2. The zero-order valence-corrected chi connectivity index (χ0v) is 15.4. The van der Waals surface area contributed by atoms with Crippen molar-refractivity contribution < 1.29 is 8.42 Å². The third-order valence-corrected chi connectivity index (χ3v) is 6.53. The molecule has 0 bridgehead atoms. The van der Waals surface area contributed by atoms with Crippen molar-refractivity contribution >= 4 is 26.6 Å². The van der Waals surface area contributed by atoms with Crippen molar-refractivity contribution in [1.82, 2.24) is 9.71 Å². The quantitative estimate of drug-likeness (QED) is 0.694. The summed E-state index contributed by atoms with van der Waals surface area (Å²) in [5.74, 6) is 0. The van der Waals surface area contributed by atoms with Crippen LogP contribution in [-0.2, 0) is 16.4 Å². The van der Waals surface area contributed by atoms with Crippen LogP contribution >= 0.6 is 0 Å². The normalized spacial score (nSPS) is 17.2. The summed E-state index contributed by atoms with van der Waals surface area (Å²) < 4.78 is 29.2. The maximum Gasteiger partial charge on any atom is 0.241 e. The standard InChI is InChI=1S/C20H21N3O2S/c1-13-7-10-19(17-5-3-11-22-20(13)17)26(24,25)23-18-6-2-4-14-12-15(21)8-9-16(14)18/h3,5,7-12,18,23H,2,4,6,21H2,1H3. The predicted molar refractivity (Wildman–Crippen MR) is 103 cm³/mol. The number of anilines is 1. The summed E-state index contributed by atoms with van der Waals surface area (Å²) in [6.45, 7) is 1.93. The Labute approximate surface area is 153 Å². The molecule has 0 saturated heterocycles. The van der Waals surface area contributed by atoms with Gasteiger partial charge < -0.3 is 5.73 Å². The van der Waals surface area contributed by atoms with Crippen LogP contribution in [0.5, 0.6) is 0 Å². The van der Waals surface area contributed by atoms with E-state index in [9.17, 15) is 8.42 Å². The second-order valence-electron chi connectivity index (χ2n) is 6.80. The monoisotopic (exact) mass is 367 g/mol. The van der Waals surface area contributed by atoms with Crippen LogP contribution in [0.15, 0.2) is 53.6 Å². The highest BCUT2D eigenvalue weighted by molar-refractivity contribution is 7.89. The number of fused-ring (bicyclic) bond motifs is 2. The summed E-state index contributed by atoms with van der Waals surface area (Å²) in [6, 6.07) is 12.5. The Morgan fingerprint density at radius 2 is 2.04 bits per heavy atom. The second-order valence-corrected chi connectivity index (χ2v) is 8.49. The van der Waals surface area contributed by atoms with Gasteiger partial charge in [-0.2, -0.15) is 0 Å². The van der Waals surface area contributed by atoms with Crippen LogP contribution in [0.3, 0.4) is 0 Å². The molecule has 1 aliphatic carbocycles. The largest absolute Gasteiger partial charge is 0.399 e. The Bertz CT molecular complexity index is 1090. The molecule has 0 aliphatic heterocycles. The topological polar surface area (TPSA) is 85.1 Å². The maximum atomic E-state index is 13.1. The molecule has 3 aromatic rings. The van der Waals surface area contributed by atoms with Gasteiger partial charge in [-0.25, -0.2) is 13.1 Å². The van der Waals surface area contributed by atoms with Crippen molar-refractivity contribution in [2.75, 3.05) is 5.73 Å². The highest BCUT2D eigenvalue weighted by atomic mass is 32.2. The van der Waals surface area contributed by atoms with Gasteiger partial charge in [0.2, 0.25) is 10.0 Å². The molecule has 1 aromatic heterocycles. The van der Waals surface area contributed by atoms with E-state index in [0.29, 0.717) is 16.6 Å². The lowest BCUT2D eigenvalue weighted by atomic mass is 9.88. The first-order chi connectivity index (χ1) is 12.5. The Morgan fingerprint density at radius 3 is 2.88 bits per heavy atom. The van der Waals surface area contributed by atoms with Gasteiger partial charge in [-0.15, -0.1) is 0 Å². The molecule has 5 nitrogen and oxygen atoms in total. The molecule has 4 rings (SSSR count). The van der Waals surface area contributed by atoms with Crippen LogP contribution in [0.4, 0.5) is 5.69 Å². The van der Waals surface area contributed by atoms with E-state index in [1.807, 2.05) is 25.1 Å². The summed E-state index contributed by atoms with van der Waals surface area (Å²) in [5, 5.41) is 0.647. The van der Waals surface area contributed by atoms with E-state index >= 15 is 0 Å². The van der Waals surface area contributed by atoms with Gasteiger partial charge in [0.1, 0.15) is 0 Å². The summed E-state index contributed by atoms with van der Waals surface area (Å²) in [6.07, 6.45) is 4.31. The van der Waals surface area contributed by atoms with E-state index in [2.05, 4.69) is 9.71 Å². The molecule has 0 fully saturated rings. The fraction of sp³-hybridized carbons (Fsp3) is 0.250. The van der Waals surface area contributed by atoms with Crippen LogP contribution < -0.4 is 10.5 Å². The average molecular weight is 367 g/mol. The highest BCUT2D eigenvalue weighted by Crippen LogP contribution is 2.33. The Balaban J connectivity index is 1.75. The third kappa shape index (κ3) is 2.95. The fourth-order valence-electron chi connectivity index (χ4n) is 3.73. The Hall–Kier alpha value is -2.44. The molecule has 26 heavy (non-hydrogen) atoms. The highest BCUT2D eigenvalue weighted by Gasteiger charge is 2.27. The summed E-state index contributed by atoms with van der Waals surface area (Å²) >= 11 is 0. The van der Waals surface area contributed by atoms with Gasteiger partial charge in [0, 0.05) is 23.3 Å². The minimum absolute atomic E-state index is 0.239. The minimum atomic E-state index is -3.68. The van der Waals surface area contributed by atoms with E-state index in [4.69, 9.17) is 5.73 Å². The van der Waals surface area contributed by atoms with Crippen molar-refractivity contribution in [1.29, 1.82) is 0 Å². The number of aromatic nitrogens is 1. The lowest BCUT2D eigenvalue weighted by Crippen LogP contribution is -2.31. The van der Waals surface area contributed by atoms with Crippen molar-refractivity contribution in [3.05, 3.63) is 65.4 Å². The van der Waals surface area contributed by atoms with Crippen LogP contribution in [0.2, 0.25) is 0 Å². The molecule has 2 aromatic carbocycles. The lowest BCUT2D eigenvalue weighted by Gasteiger charge is -2.26. The molecule has 0 amide bonds. The third-order valence-electron chi connectivity index (χ3n) is 5.00. The van der Waals surface area contributed by atoms with E-state index in [-0.39, 0.29) is 10.9 Å². The molecule has 3 N–H and O–H groups in total.